The van der Waals surface area contributed by atoms with Crippen LogP contribution in [-0.4, -0.2) is 27.3 Å². The van der Waals surface area contributed by atoms with Crippen molar-refractivity contribution in [3.8, 4) is 0 Å². The number of ether oxygens (including phenoxy) is 1. The summed E-state index contributed by atoms with van der Waals surface area (Å²) in [5, 5.41) is 0. The van der Waals surface area contributed by atoms with Crippen LogP contribution in [0.5, 0.6) is 0 Å². The van der Waals surface area contributed by atoms with Crippen LogP contribution in [0.15, 0.2) is 0 Å². The van der Waals surface area contributed by atoms with Gasteiger partial charge in [-0.2, -0.15) is 0 Å². The second-order valence-electron chi connectivity index (χ2n) is 4.72. The van der Waals surface area contributed by atoms with Crippen molar-refractivity contribution in [3.05, 3.63) is 0 Å². The minimum atomic E-state index is -1.57. The fourth-order valence-electron chi connectivity index (χ4n) is 1.46. The summed E-state index contributed by atoms with van der Waals surface area (Å²) in [6, 6.07) is 0. The van der Waals surface area contributed by atoms with Crippen LogP contribution < -0.4 is 0 Å². The molecule has 80 valence electrons. The molecule has 0 aromatic carbocycles. The van der Waals surface area contributed by atoms with Crippen LogP contribution in [0.3, 0.4) is 0 Å². The van der Waals surface area contributed by atoms with Gasteiger partial charge in [-0.05, 0) is 0 Å². The molecule has 0 fully saturated rings. The molecule has 0 saturated carbocycles. The molecule has 0 rings (SSSR count). The Morgan fingerprint density at radius 2 is 1.86 bits per heavy atom. The van der Waals surface area contributed by atoms with Crippen LogP contribution in [0.25, 0.3) is 0 Å². The van der Waals surface area contributed by atoms with Crippen molar-refractivity contribution in [1.29, 1.82) is 0 Å². The Labute approximate surface area is 101 Å². The first kappa shape index (κ1) is 14.6. The molecule has 0 radical (unpaired) electrons. The van der Waals surface area contributed by atoms with Gasteiger partial charge in [-0.1, -0.05) is 0 Å². The predicted octanol–water partition coefficient (Wildman–Crippen LogP) is 2.25. The van der Waals surface area contributed by atoms with Gasteiger partial charge in [0.15, 0.2) is 0 Å². The monoisotopic (exact) mass is 406 g/mol. The van der Waals surface area contributed by atoms with Crippen molar-refractivity contribution in [2.75, 3.05) is 7.11 Å². The van der Waals surface area contributed by atoms with E-state index in [-0.39, 0.29) is 12.1 Å². The molecule has 14 heavy (non-hydrogen) atoms. The Kier molecular flexibility index (Phi) is 6.49. The van der Waals surface area contributed by atoms with E-state index in [0.29, 0.717) is 3.05 Å². The van der Waals surface area contributed by atoms with Crippen LogP contribution >= 0.6 is 0 Å². The zero-order valence-electron chi connectivity index (χ0n) is 10.1. The fourth-order valence-corrected chi connectivity index (χ4v) is 13.5. The Hall–Kier alpha value is 0.582. The van der Waals surface area contributed by atoms with E-state index in [2.05, 4.69) is 26.6 Å². The molecule has 0 N–H and O–H groups in total. The van der Waals surface area contributed by atoms with Crippen molar-refractivity contribution in [2.45, 2.75) is 42.6 Å². The molecule has 2 unspecified atom stereocenters. The van der Waals surface area contributed by atoms with Crippen molar-refractivity contribution in [1.82, 2.24) is 0 Å². The van der Waals surface area contributed by atoms with Gasteiger partial charge in [-0.3, -0.25) is 0 Å². The zero-order chi connectivity index (χ0) is 11.4. The molecule has 0 amide bonds. The van der Waals surface area contributed by atoms with E-state index in [4.69, 9.17) is 7.38 Å². The number of methoxy groups -OCH3 is 1. The third kappa shape index (κ3) is 5.46. The molecule has 0 spiro atoms. The molecular weight excluding hydrogens is 385 g/mol. The van der Waals surface area contributed by atoms with Crippen molar-refractivity contribution >= 4 is 14.0 Å². The number of rotatable bonds is 5. The first-order chi connectivity index (χ1) is 6.29. The van der Waals surface area contributed by atoms with Crippen LogP contribution in [-0.2, 0) is 37.2 Å². The van der Waals surface area contributed by atoms with E-state index in [9.17, 15) is 4.79 Å². The van der Waals surface area contributed by atoms with Gasteiger partial charge in [0.25, 0.3) is 0 Å². The molecular formula is C9H20HgO3Si. The normalized spacial score (nSPS) is 15.6. The average molecular weight is 405 g/mol. The van der Waals surface area contributed by atoms with Gasteiger partial charge in [0.05, 0.1) is 0 Å². The Morgan fingerprint density at radius 1 is 1.36 bits per heavy atom. The average Bonchev–Trinajstić information content (AvgIpc) is 2.01. The van der Waals surface area contributed by atoms with Gasteiger partial charge in [0.2, 0.25) is 0 Å². The van der Waals surface area contributed by atoms with Gasteiger partial charge in [-0.25, -0.2) is 0 Å². The van der Waals surface area contributed by atoms with E-state index >= 15 is 0 Å². The fraction of sp³-hybridized carbons (Fsp3) is 0.889. The molecule has 0 aliphatic carbocycles. The number of hydrogen-bond acceptors (Lipinski definition) is 3. The van der Waals surface area contributed by atoms with Gasteiger partial charge in [0, 0.05) is 0 Å². The van der Waals surface area contributed by atoms with Crippen LogP contribution in [0, 0.1) is 0 Å². The van der Waals surface area contributed by atoms with E-state index < -0.39 is 33.1 Å². The third-order valence-electron chi connectivity index (χ3n) is 2.52. The molecule has 3 nitrogen and oxygen atoms in total. The van der Waals surface area contributed by atoms with Gasteiger partial charge < -0.3 is 0 Å². The number of carbonyl (C=O) groups is 1. The second-order valence-corrected chi connectivity index (χ2v) is 19.2. The topological polar surface area (TPSA) is 35.5 Å². The summed E-state index contributed by atoms with van der Waals surface area (Å²) < 4.78 is 11.2. The molecule has 0 bridgehead atoms. The zero-order valence-corrected chi connectivity index (χ0v) is 16.6. The Morgan fingerprint density at radius 3 is 2.14 bits per heavy atom. The minimum absolute atomic E-state index is 0.113. The molecule has 0 aliphatic heterocycles. The molecule has 0 aromatic rings. The summed E-state index contributed by atoms with van der Waals surface area (Å²) in [6.07, 6.45) is 0.252. The van der Waals surface area contributed by atoms with Gasteiger partial charge >= 0.3 is 101 Å². The van der Waals surface area contributed by atoms with E-state index in [0.717, 1.165) is 0 Å². The standard InChI is InChI=1S/C7H17OSi.C2H4O2.Hg/c1-7(8-2)6-9(3,4)5;1-2(3)4;/h6-7H,1-5H3;1H3,(H,3,4);/q;;+1/p-1. The SMILES string of the molecule is COC(C)[CH]([Hg][O]C(C)=O)[Si](C)(C)C. The van der Waals surface area contributed by atoms with Gasteiger partial charge in [-0.15, -0.1) is 0 Å². The summed E-state index contributed by atoms with van der Waals surface area (Å²) in [7, 11) is 0.495. The number of hydrogen-bond donors (Lipinski definition) is 0. The molecule has 0 aromatic heterocycles. The predicted molar refractivity (Wildman–Crippen MR) is 55.3 cm³/mol. The second kappa shape index (κ2) is 6.23. The number of carbonyl (C=O) groups excluding carboxylic acids is 1. The van der Waals surface area contributed by atoms with E-state index in [1.807, 2.05) is 0 Å². The molecule has 2 atom stereocenters. The Bertz CT molecular complexity index is 191. The first-order valence-electron chi connectivity index (χ1n) is 4.95. The quantitative estimate of drug-likeness (QED) is 0.659. The van der Waals surface area contributed by atoms with Crippen molar-refractivity contribution < 1.29 is 37.2 Å². The van der Waals surface area contributed by atoms with Crippen molar-refractivity contribution in [2.24, 2.45) is 0 Å². The summed E-state index contributed by atoms with van der Waals surface area (Å²) in [6.45, 7) is 10.5. The molecule has 5 heteroatoms. The summed E-state index contributed by atoms with van der Waals surface area (Å²) in [5.41, 5.74) is 0. The maximum absolute atomic E-state index is 10.8. The molecule has 0 aliphatic rings. The van der Waals surface area contributed by atoms with E-state index in [1.165, 1.54) is 6.92 Å². The van der Waals surface area contributed by atoms with Crippen molar-refractivity contribution in [3.63, 3.8) is 0 Å². The Balaban J connectivity index is 4.33. The van der Waals surface area contributed by atoms with E-state index in [1.54, 1.807) is 7.11 Å². The summed E-state index contributed by atoms with van der Waals surface area (Å²) in [5.74, 6) is -0.113. The summed E-state index contributed by atoms with van der Waals surface area (Å²) >= 11 is -1.57. The van der Waals surface area contributed by atoms with Gasteiger partial charge in [0.1, 0.15) is 0 Å². The maximum atomic E-state index is 10.8. The van der Waals surface area contributed by atoms with Crippen LogP contribution in [0.4, 0.5) is 0 Å². The molecule has 0 heterocycles. The van der Waals surface area contributed by atoms with Crippen LogP contribution in [0.1, 0.15) is 13.8 Å². The molecule has 0 saturated heterocycles. The van der Waals surface area contributed by atoms with Crippen LogP contribution in [0.2, 0.25) is 22.7 Å². The first-order valence-corrected chi connectivity index (χ1v) is 13.9. The third-order valence-corrected chi connectivity index (χ3v) is 27.2. The summed E-state index contributed by atoms with van der Waals surface area (Å²) in [4.78, 5) is 10.8.